The molecular weight excluding hydrogens is 338 g/mol. The molecule has 6 heteroatoms. The third-order valence-corrected chi connectivity index (χ3v) is 4.66. The first kappa shape index (κ1) is 18.8. The first-order valence-corrected chi connectivity index (χ1v) is 9.50. The summed E-state index contributed by atoms with van der Waals surface area (Å²) in [5.41, 5.74) is 1.31. The molecule has 0 saturated heterocycles. The van der Waals surface area contributed by atoms with Gasteiger partial charge in [0.15, 0.2) is 5.11 Å². The van der Waals surface area contributed by atoms with Crippen LogP contribution in [0.15, 0.2) is 41.5 Å². The van der Waals surface area contributed by atoms with E-state index in [1.165, 1.54) is 16.3 Å². The van der Waals surface area contributed by atoms with Crippen LogP contribution in [0.4, 0.5) is 0 Å². The second-order valence-electron chi connectivity index (χ2n) is 5.80. The summed E-state index contributed by atoms with van der Waals surface area (Å²) in [6.45, 7) is 6.11. The lowest BCUT2D eigenvalue weighted by atomic mass is 10.1. The highest BCUT2D eigenvalue weighted by molar-refractivity contribution is 7.98. The summed E-state index contributed by atoms with van der Waals surface area (Å²) in [5, 5.41) is 9.30. The van der Waals surface area contributed by atoms with E-state index in [1.54, 1.807) is 6.08 Å². The molecule has 0 bridgehead atoms. The van der Waals surface area contributed by atoms with Crippen LogP contribution in [-0.4, -0.2) is 43.0 Å². The first-order chi connectivity index (χ1) is 11.6. The van der Waals surface area contributed by atoms with Crippen LogP contribution in [0.5, 0.6) is 0 Å². The van der Waals surface area contributed by atoms with Crippen LogP contribution in [0.25, 0.3) is 10.8 Å². The van der Waals surface area contributed by atoms with Gasteiger partial charge in [0.2, 0.25) is 0 Å². The van der Waals surface area contributed by atoms with Gasteiger partial charge in [-0.05, 0) is 37.9 Å². The number of thiocarbonyl (C=S) groups is 1. The van der Waals surface area contributed by atoms with Gasteiger partial charge in [0, 0.05) is 36.2 Å². The third-order valence-electron chi connectivity index (χ3n) is 3.42. The standard InChI is InChI=1S/C18H25N3OS2/c1-4-7-19-18(23)20-8-9-24-13-17-16-10-14(11-21(2)3)5-6-15(16)12-22-17/h4-6,10,12H,1,7-9,11,13H2,2-3H3,(H2,19,20,23). The van der Waals surface area contributed by atoms with E-state index in [0.717, 1.165) is 30.4 Å². The zero-order chi connectivity index (χ0) is 17.4. The van der Waals surface area contributed by atoms with Crippen molar-refractivity contribution >= 4 is 39.9 Å². The van der Waals surface area contributed by atoms with Gasteiger partial charge in [0.25, 0.3) is 0 Å². The molecule has 1 heterocycles. The predicted octanol–water partition coefficient (Wildman–Crippen LogP) is 3.38. The third kappa shape index (κ3) is 5.85. The average Bonchev–Trinajstić information content (AvgIpc) is 2.94. The van der Waals surface area contributed by atoms with Crippen molar-refractivity contribution in [1.29, 1.82) is 0 Å². The van der Waals surface area contributed by atoms with Crippen LogP contribution >= 0.6 is 24.0 Å². The maximum absolute atomic E-state index is 5.75. The fourth-order valence-corrected chi connectivity index (χ4v) is 3.34. The molecule has 130 valence electrons. The fourth-order valence-electron chi connectivity index (χ4n) is 2.35. The smallest absolute Gasteiger partial charge is 0.166 e. The van der Waals surface area contributed by atoms with Crippen molar-refractivity contribution in [2.24, 2.45) is 0 Å². The van der Waals surface area contributed by atoms with Crippen molar-refractivity contribution in [3.05, 3.63) is 48.4 Å². The molecule has 4 nitrogen and oxygen atoms in total. The number of benzene rings is 1. The quantitative estimate of drug-likeness (QED) is 0.404. The summed E-state index contributed by atoms with van der Waals surface area (Å²) in [5.74, 6) is 2.88. The van der Waals surface area contributed by atoms with Crippen LogP contribution in [0, 0.1) is 0 Å². The van der Waals surface area contributed by atoms with Crippen molar-refractivity contribution in [1.82, 2.24) is 15.5 Å². The largest absolute Gasteiger partial charge is 0.467 e. The van der Waals surface area contributed by atoms with E-state index in [-0.39, 0.29) is 0 Å². The van der Waals surface area contributed by atoms with Crippen molar-refractivity contribution in [3.8, 4) is 0 Å². The number of rotatable bonds is 9. The minimum Gasteiger partial charge on any atom is -0.467 e. The Morgan fingerprint density at radius 3 is 2.96 bits per heavy atom. The van der Waals surface area contributed by atoms with Gasteiger partial charge in [-0.2, -0.15) is 11.8 Å². The molecule has 0 radical (unpaired) electrons. The maximum Gasteiger partial charge on any atom is 0.166 e. The van der Waals surface area contributed by atoms with Gasteiger partial charge in [-0.1, -0.05) is 18.2 Å². The van der Waals surface area contributed by atoms with Gasteiger partial charge in [-0.15, -0.1) is 6.58 Å². The van der Waals surface area contributed by atoms with E-state index >= 15 is 0 Å². The Kier molecular flexibility index (Phi) is 7.62. The monoisotopic (exact) mass is 363 g/mol. The van der Waals surface area contributed by atoms with Gasteiger partial charge in [-0.3, -0.25) is 0 Å². The molecule has 2 N–H and O–H groups in total. The molecule has 0 amide bonds. The second-order valence-corrected chi connectivity index (χ2v) is 7.31. The fraction of sp³-hybridized carbons (Fsp3) is 0.389. The molecule has 2 rings (SSSR count). The molecular formula is C18H25N3OS2. The van der Waals surface area contributed by atoms with Crippen molar-refractivity contribution in [3.63, 3.8) is 0 Å². The summed E-state index contributed by atoms with van der Waals surface area (Å²) in [6.07, 6.45) is 3.63. The average molecular weight is 364 g/mol. The Labute approximate surface area is 153 Å². The van der Waals surface area contributed by atoms with Gasteiger partial charge < -0.3 is 20.0 Å². The van der Waals surface area contributed by atoms with Crippen LogP contribution < -0.4 is 10.6 Å². The highest BCUT2D eigenvalue weighted by Gasteiger charge is 2.08. The van der Waals surface area contributed by atoms with Gasteiger partial charge in [0.05, 0.1) is 12.0 Å². The number of hydrogen-bond donors (Lipinski definition) is 2. The van der Waals surface area contributed by atoms with Crippen LogP contribution in [-0.2, 0) is 12.3 Å². The van der Waals surface area contributed by atoms with Crippen molar-refractivity contribution < 1.29 is 4.42 Å². The predicted molar refractivity (Wildman–Crippen MR) is 109 cm³/mol. The molecule has 0 unspecified atom stereocenters. The van der Waals surface area contributed by atoms with Gasteiger partial charge in [0.1, 0.15) is 5.76 Å². The van der Waals surface area contributed by atoms with E-state index in [1.807, 2.05) is 18.0 Å². The van der Waals surface area contributed by atoms with E-state index in [4.69, 9.17) is 16.6 Å². The Morgan fingerprint density at radius 1 is 1.38 bits per heavy atom. The maximum atomic E-state index is 5.75. The number of hydrogen-bond acceptors (Lipinski definition) is 4. The first-order valence-electron chi connectivity index (χ1n) is 7.94. The lowest BCUT2D eigenvalue weighted by molar-refractivity contribution is 0.403. The van der Waals surface area contributed by atoms with Crippen molar-refractivity contribution in [2.45, 2.75) is 12.3 Å². The van der Waals surface area contributed by atoms with Crippen LogP contribution in [0.3, 0.4) is 0 Å². The number of furan rings is 1. The lowest BCUT2D eigenvalue weighted by Crippen LogP contribution is -2.36. The topological polar surface area (TPSA) is 40.4 Å². The Hall–Kier alpha value is -1.50. The molecule has 0 atom stereocenters. The zero-order valence-electron chi connectivity index (χ0n) is 14.3. The molecule has 0 aliphatic rings. The van der Waals surface area contributed by atoms with Crippen LogP contribution in [0.1, 0.15) is 11.3 Å². The highest BCUT2D eigenvalue weighted by Crippen LogP contribution is 2.26. The lowest BCUT2D eigenvalue weighted by Gasteiger charge is -2.09. The molecule has 1 aromatic heterocycles. The van der Waals surface area contributed by atoms with E-state index < -0.39 is 0 Å². The Balaban J connectivity index is 1.82. The molecule has 0 spiro atoms. The molecule has 1 aromatic carbocycles. The number of nitrogens with one attached hydrogen (secondary N) is 2. The zero-order valence-corrected chi connectivity index (χ0v) is 15.9. The normalized spacial score (nSPS) is 11.0. The Bertz CT molecular complexity index is 682. The molecule has 0 saturated carbocycles. The SMILES string of the molecule is C=CCNC(=S)NCCSCc1occ2ccc(CN(C)C)cc12. The summed E-state index contributed by atoms with van der Waals surface area (Å²) in [6, 6.07) is 6.54. The highest BCUT2D eigenvalue weighted by atomic mass is 32.2. The molecule has 0 aliphatic heterocycles. The van der Waals surface area contributed by atoms with E-state index in [9.17, 15) is 0 Å². The molecule has 0 aliphatic carbocycles. The number of fused-ring (bicyclic) bond motifs is 1. The summed E-state index contributed by atoms with van der Waals surface area (Å²) in [4.78, 5) is 2.17. The number of thioether (sulfide) groups is 1. The summed E-state index contributed by atoms with van der Waals surface area (Å²) in [7, 11) is 4.16. The second kappa shape index (κ2) is 9.71. The Morgan fingerprint density at radius 2 is 2.21 bits per heavy atom. The van der Waals surface area contributed by atoms with E-state index in [0.29, 0.717) is 11.7 Å². The van der Waals surface area contributed by atoms with Crippen LogP contribution in [0.2, 0.25) is 0 Å². The minimum absolute atomic E-state index is 0.673. The minimum atomic E-state index is 0.673. The molecule has 24 heavy (non-hydrogen) atoms. The number of nitrogens with zero attached hydrogens (tertiary/aromatic N) is 1. The van der Waals surface area contributed by atoms with Crippen molar-refractivity contribution in [2.75, 3.05) is 32.9 Å². The molecule has 0 fully saturated rings. The van der Waals surface area contributed by atoms with Gasteiger partial charge in [-0.25, -0.2) is 0 Å². The van der Waals surface area contributed by atoms with Gasteiger partial charge >= 0.3 is 0 Å². The summed E-state index contributed by atoms with van der Waals surface area (Å²) >= 11 is 7.00. The molecule has 2 aromatic rings. The summed E-state index contributed by atoms with van der Waals surface area (Å²) < 4.78 is 5.75. The van der Waals surface area contributed by atoms with E-state index in [2.05, 4.69) is 54.4 Å².